The molecule has 0 aliphatic heterocycles. The third kappa shape index (κ3) is 5.83. The van der Waals surface area contributed by atoms with Crippen molar-refractivity contribution in [2.24, 2.45) is 11.1 Å². The van der Waals surface area contributed by atoms with Gasteiger partial charge in [-0.1, -0.05) is 20.8 Å². The first-order valence-corrected chi connectivity index (χ1v) is 6.71. The Morgan fingerprint density at radius 2 is 2.21 bits per heavy atom. The Bertz CT molecular complexity index is 407. The molecular weight excluding hydrogens is 242 g/mol. The van der Waals surface area contributed by atoms with E-state index in [1.54, 1.807) is 6.33 Å². The molecule has 19 heavy (non-hydrogen) atoms. The SMILES string of the molecule is CCn1cnnc1CNC(=O)CC(N)CC(C)(C)C. The van der Waals surface area contributed by atoms with Gasteiger partial charge in [-0.2, -0.15) is 0 Å². The van der Waals surface area contributed by atoms with E-state index in [1.807, 2.05) is 11.5 Å². The number of carbonyl (C=O) groups is 1. The highest BCUT2D eigenvalue weighted by Gasteiger charge is 2.18. The van der Waals surface area contributed by atoms with E-state index < -0.39 is 0 Å². The number of nitrogens with one attached hydrogen (secondary N) is 1. The van der Waals surface area contributed by atoms with Crippen LogP contribution in [0.1, 0.15) is 46.4 Å². The summed E-state index contributed by atoms with van der Waals surface area (Å²) in [6.07, 6.45) is 2.83. The van der Waals surface area contributed by atoms with Crippen LogP contribution in [0.15, 0.2) is 6.33 Å². The van der Waals surface area contributed by atoms with Gasteiger partial charge in [0.1, 0.15) is 6.33 Å². The molecule has 6 heteroatoms. The molecule has 1 aromatic heterocycles. The highest BCUT2D eigenvalue weighted by atomic mass is 16.1. The van der Waals surface area contributed by atoms with Crippen molar-refractivity contribution < 1.29 is 4.79 Å². The van der Waals surface area contributed by atoms with E-state index in [1.165, 1.54) is 0 Å². The van der Waals surface area contributed by atoms with Gasteiger partial charge in [-0.3, -0.25) is 4.79 Å². The minimum atomic E-state index is -0.107. The second kappa shape index (κ2) is 6.65. The summed E-state index contributed by atoms with van der Waals surface area (Å²) >= 11 is 0. The van der Waals surface area contributed by atoms with Crippen LogP contribution < -0.4 is 11.1 Å². The fourth-order valence-electron chi connectivity index (χ4n) is 2.03. The summed E-state index contributed by atoms with van der Waals surface area (Å²) in [5.41, 5.74) is 6.11. The monoisotopic (exact) mass is 267 g/mol. The van der Waals surface area contributed by atoms with Crippen LogP contribution >= 0.6 is 0 Å². The van der Waals surface area contributed by atoms with Gasteiger partial charge in [-0.05, 0) is 18.8 Å². The predicted octanol–water partition coefficient (Wildman–Crippen LogP) is 1.07. The summed E-state index contributed by atoms with van der Waals surface area (Å²) in [5.74, 6) is 0.725. The first kappa shape index (κ1) is 15.6. The number of amides is 1. The normalized spacial score (nSPS) is 13.3. The molecule has 1 atom stereocenters. The molecule has 6 nitrogen and oxygen atoms in total. The third-order valence-electron chi connectivity index (χ3n) is 2.80. The van der Waals surface area contributed by atoms with Gasteiger partial charge in [0.25, 0.3) is 0 Å². The summed E-state index contributed by atoms with van der Waals surface area (Å²) < 4.78 is 1.90. The maximum atomic E-state index is 11.8. The van der Waals surface area contributed by atoms with Gasteiger partial charge in [-0.25, -0.2) is 0 Å². The lowest BCUT2D eigenvalue weighted by Crippen LogP contribution is -2.34. The molecule has 108 valence electrons. The zero-order valence-corrected chi connectivity index (χ0v) is 12.3. The molecule has 3 N–H and O–H groups in total. The van der Waals surface area contributed by atoms with Gasteiger partial charge in [-0.15, -0.1) is 10.2 Å². The fraction of sp³-hybridized carbons (Fsp3) is 0.769. The number of hydrogen-bond acceptors (Lipinski definition) is 4. The highest BCUT2D eigenvalue weighted by Crippen LogP contribution is 2.20. The standard InChI is InChI=1S/C13H25N5O/c1-5-18-9-16-17-11(18)8-15-12(19)6-10(14)7-13(2,3)4/h9-10H,5-8,14H2,1-4H3,(H,15,19). The first-order valence-electron chi connectivity index (χ1n) is 6.71. The van der Waals surface area contributed by atoms with E-state index in [-0.39, 0.29) is 17.4 Å². The topological polar surface area (TPSA) is 85.8 Å². The number of carbonyl (C=O) groups excluding carboxylic acids is 1. The predicted molar refractivity (Wildman–Crippen MR) is 74.2 cm³/mol. The van der Waals surface area contributed by atoms with Gasteiger partial charge in [0.15, 0.2) is 5.82 Å². The second-order valence-electron chi connectivity index (χ2n) is 6.04. The molecule has 0 aliphatic carbocycles. The summed E-state index contributed by atoms with van der Waals surface area (Å²) in [6.45, 7) is 9.56. The van der Waals surface area contributed by atoms with Gasteiger partial charge in [0.2, 0.25) is 5.91 Å². The number of aryl methyl sites for hydroxylation is 1. The molecule has 1 unspecified atom stereocenters. The van der Waals surface area contributed by atoms with Crippen molar-refractivity contribution in [3.63, 3.8) is 0 Å². The fourth-order valence-corrected chi connectivity index (χ4v) is 2.03. The first-order chi connectivity index (χ1) is 8.81. The van der Waals surface area contributed by atoms with Crippen molar-refractivity contribution in [3.05, 3.63) is 12.2 Å². The van der Waals surface area contributed by atoms with Crippen molar-refractivity contribution in [1.82, 2.24) is 20.1 Å². The van der Waals surface area contributed by atoms with Crippen LogP contribution in [0.4, 0.5) is 0 Å². The molecule has 1 amide bonds. The average Bonchev–Trinajstić information content (AvgIpc) is 2.70. The number of rotatable bonds is 6. The Kier molecular flexibility index (Phi) is 5.47. The average molecular weight is 267 g/mol. The Morgan fingerprint density at radius 3 is 2.79 bits per heavy atom. The van der Waals surface area contributed by atoms with Crippen molar-refractivity contribution in [1.29, 1.82) is 0 Å². The minimum Gasteiger partial charge on any atom is -0.349 e. The molecule has 1 aromatic rings. The molecule has 0 fully saturated rings. The lowest BCUT2D eigenvalue weighted by molar-refractivity contribution is -0.121. The van der Waals surface area contributed by atoms with Crippen LogP contribution in [0.2, 0.25) is 0 Å². The van der Waals surface area contributed by atoms with E-state index in [2.05, 4.69) is 36.3 Å². The maximum absolute atomic E-state index is 11.8. The van der Waals surface area contributed by atoms with Crippen LogP contribution in [0, 0.1) is 5.41 Å². The van der Waals surface area contributed by atoms with Crippen molar-refractivity contribution >= 4 is 5.91 Å². The van der Waals surface area contributed by atoms with E-state index in [9.17, 15) is 4.79 Å². The lowest BCUT2D eigenvalue weighted by atomic mass is 9.87. The summed E-state index contributed by atoms with van der Waals surface area (Å²) in [7, 11) is 0. The molecule has 0 aromatic carbocycles. The van der Waals surface area contributed by atoms with Crippen LogP contribution in [0.5, 0.6) is 0 Å². The van der Waals surface area contributed by atoms with E-state index in [0.29, 0.717) is 13.0 Å². The quantitative estimate of drug-likeness (QED) is 0.807. The summed E-state index contributed by atoms with van der Waals surface area (Å²) in [5, 5.41) is 10.6. The van der Waals surface area contributed by atoms with Crippen molar-refractivity contribution in [2.45, 2.75) is 59.7 Å². The van der Waals surface area contributed by atoms with Crippen LogP contribution in [0.3, 0.4) is 0 Å². The summed E-state index contributed by atoms with van der Waals surface area (Å²) in [6, 6.07) is -0.107. The highest BCUT2D eigenvalue weighted by molar-refractivity contribution is 5.76. The number of nitrogens with two attached hydrogens (primary N) is 1. The molecule has 1 heterocycles. The number of hydrogen-bond donors (Lipinski definition) is 2. The van der Waals surface area contributed by atoms with Crippen LogP contribution in [-0.4, -0.2) is 26.7 Å². The third-order valence-corrected chi connectivity index (χ3v) is 2.80. The Morgan fingerprint density at radius 1 is 1.53 bits per heavy atom. The van der Waals surface area contributed by atoms with E-state index in [4.69, 9.17) is 5.73 Å². The molecule has 0 aliphatic rings. The smallest absolute Gasteiger partial charge is 0.221 e. The van der Waals surface area contributed by atoms with Gasteiger partial charge < -0.3 is 15.6 Å². The summed E-state index contributed by atoms with van der Waals surface area (Å²) in [4.78, 5) is 11.8. The molecule has 0 saturated carbocycles. The van der Waals surface area contributed by atoms with Gasteiger partial charge in [0, 0.05) is 19.0 Å². The zero-order chi connectivity index (χ0) is 14.5. The zero-order valence-electron chi connectivity index (χ0n) is 12.3. The molecule has 1 rings (SSSR count). The maximum Gasteiger partial charge on any atom is 0.221 e. The Labute approximate surface area is 114 Å². The minimum absolute atomic E-state index is 0.0394. The Hall–Kier alpha value is -1.43. The van der Waals surface area contributed by atoms with Crippen molar-refractivity contribution in [3.8, 4) is 0 Å². The second-order valence-corrected chi connectivity index (χ2v) is 6.04. The van der Waals surface area contributed by atoms with Crippen LogP contribution in [-0.2, 0) is 17.9 Å². The van der Waals surface area contributed by atoms with Crippen LogP contribution in [0.25, 0.3) is 0 Å². The molecule has 0 saturated heterocycles. The Balaban J connectivity index is 2.36. The van der Waals surface area contributed by atoms with Crippen molar-refractivity contribution in [2.75, 3.05) is 0 Å². The number of nitrogens with zero attached hydrogens (tertiary/aromatic N) is 3. The molecule has 0 bridgehead atoms. The largest absolute Gasteiger partial charge is 0.349 e. The van der Waals surface area contributed by atoms with E-state index >= 15 is 0 Å². The molecule has 0 spiro atoms. The lowest BCUT2D eigenvalue weighted by Gasteiger charge is -2.22. The molecular formula is C13H25N5O. The molecule has 0 radical (unpaired) electrons. The van der Waals surface area contributed by atoms with E-state index in [0.717, 1.165) is 18.8 Å². The number of aromatic nitrogens is 3. The van der Waals surface area contributed by atoms with Gasteiger partial charge in [0.05, 0.1) is 6.54 Å². The van der Waals surface area contributed by atoms with Gasteiger partial charge >= 0.3 is 0 Å².